The maximum Gasteiger partial charge on any atom is 0.340 e. The average molecular weight is 473 g/mol. The van der Waals surface area contributed by atoms with Crippen molar-refractivity contribution in [2.75, 3.05) is 19.8 Å². The first-order valence-electron chi connectivity index (χ1n) is 12.5. The Hall–Kier alpha value is -1.96. The van der Waals surface area contributed by atoms with Gasteiger partial charge in [0.1, 0.15) is 0 Å². The van der Waals surface area contributed by atoms with Gasteiger partial charge in [-0.1, -0.05) is 66.2 Å². The lowest BCUT2D eigenvalue weighted by Crippen LogP contribution is -2.55. The van der Waals surface area contributed by atoms with E-state index in [-0.39, 0.29) is 26.2 Å². The topological polar surface area (TPSA) is 116 Å². The third-order valence-corrected chi connectivity index (χ3v) is 5.31. The molecule has 2 unspecified atom stereocenters. The van der Waals surface area contributed by atoms with Gasteiger partial charge in [-0.3, -0.25) is 14.4 Å². The Morgan fingerprint density at radius 1 is 0.697 bits per heavy atom. The fraction of sp³-hybridized carbons (Fsp3) is 0.840. The monoisotopic (exact) mass is 472 g/mol. The van der Waals surface area contributed by atoms with Crippen LogP contribution in [-0.2, 0) is 33.4 Å². The number of ketones is 1. The van der Waals surface area contributed by atoms with Crippen LogP contribution in [0.1, 0.15) is 105 Å². The number of aliphatic hydroxyl groups is 1. The van der Waals surface area contributed by atoms with E-state index in [0.717, 1.165) is 38.5 Å². The summed E-state index contributed by atoms with van der Waals surface area (Å²) in [4.78, 5) is 51.3. The van der Waals surface area contributed by atoms with Crippen LogP contribution >= 0.6 is 0 Å². The molecule has 0 aliphatic heterocycles. The molecule has 2 atom stereocenters. The third kappa shape index (κ3) is 12.2. The summed E-state index contributed by atoms with van der Waals surface area (Å²) in [5.74, 6) is -5.54. The molecule has 0 aliphatic rings. The molecule has 1 N–H and O–H groups in total. The second-order valence-electron chi connectivity index (χ2n) is 8.40. The molecule has 33 heavy (non-hydrogen) atoms. The van der Waals surface area contributed by atoms with E-state index in [4.69, 9.17) is 14.2 Å². The Morgan fingerprint density at radius 3 is 1.76 bits per heavy atom. The van der Waals surface area contributed by atoms with Crippen molar-refractivity contribution in [2.45, 2.75) is 110 Å². The minimum Gasteiger partial charge on any atom is -0.466 e. The van der Waals surface area contributed by atoms with E-state index in [2.05, 4.69) is 0 Å². The van der Waals surface area contributed by atoms with E-state index in [1.165, 1.54) is 0 Å². The molecule has 0 amide bonds. The third-order valence-electron chi connectivity index (χ3n) is 5.31. The van der Waals surface area contributed by atoms with E-state index in [0.29, 0.717) is 25.7 Å². The number of rotatable bonds is 20. The van der Waals surface area contributed by atoms with Gasteiger partial charge in [0.15, 0.2) is 17.3 Å². The van der Waals surface area contributed by atoms with Crippen LogP contribution in [0.15, 0.2) is 0 Å². The molecular formula is C25H44O8. The molecule has 0 bridgehead atoms. The van der Waals surface area contributed by atoms with Gasteiger partial charge in [0, 0.05) is 6.42 Å². The molecule has 0 aliphatic carbocycles. The standard InChI is InChI=1S/C25H44O8/c1-5-9-13-14-15-20(26)22(23(28)32-17-11-7-3)25(30,24(29)33-18-12-8-4)19-21(27)31-16-10-6-2/h22,30H,5-19H2,1-4H3. The fourth-order valence-electron chi connectivity index (χ4n) is 3.19. The lowest BCUT2D eigenvalue weighted by Gasteiger charge is -2.31. The molecule has 0 aromatic carbocycles. The summed E-state index contributed by atoms with van der Waals surface area (Å²) in [6, 6.07) is 0. The predicted octanol–water partition coefficient (Wildman–Crippen LogP) is 4.29. The van der Waals surface area contributed by atoms with Crippen LogP contribution in [0.2, 0.25) is 0 Å². The van der Waals surface area contributed by atoms with E-state index in [9.17, 15) is 24.3 Å². The van der Waals surface area contributed by atoms with Gasteiger partial charge in [-0.2, -0.15) is 0 Å². The normalized spacial score (nSPS) is 13.6. The Morgan fingerprint density at radius 2 is 1.21 bits per heavy atom. The highest BCUT2D eigenvalue weighted by molar-refractivity contribution is 6.06. The number of unbranched alkanes of at least 4 members (excludes halogenated alkanes) is 6. The van der Waals surface area contributed by atoms with E-state index >= 15 is 0 Å². The van der Waals surface area contributed by atoms with Crippen LogP contribution in [0, 0.1) is 5.92 Å². The quantitative estimate of drug-likeness (QED) is 0.121. The smallest absolute Gasteiger partial charge is 0.340 e. The summed E-state index contributed by atoms with van der Waals surface area (Å²) in [7, 11) is 0. The van der Waals surface area contributed by atoms with Gasteiger partial charge in [-0.05, 0) is 25.7 Å². The van der Waals surface area contributed by atoms with Crippen LogP contribution in [0.3, 0.4) is 0 Å². The zero-order chi connectivity index (χ0) is 25.1. The van der Waals surface area contributed by atoms with Crippen LogP contribution in [0.4, 0.5) is 0 Å². The maximum absolute atomic E-state index is 13.1. The minimum absolute atomic E-state index is 0.00478. The Labute approximate surface area is 198 Å². The van der Waals surface area contributed by atoms with Crippen molar-refractivity contribution in [3.8, 4) is 0 Å². The molecule has 8 heteroatoms. The summed E-state index contributed by atoms with van der Waals surface area (Å²) in [6.45, 7) is 7.95. The molecule has 0 fully saturated rings. The molecular weight excluding hydrogens is 428 g/mol. The molecule has 0 saturated carbocycles. The zero-order valence-electron chi connectivity index (χ0n) is 21.0. The SMILES string of the molecule is CCCCCCC(=O)C(C(=O)OCCCC)C(O)(CC(=O)OCCCC)C(=O)OCCCC. The summed E-state index contributed by atoms with van der Waals surface area (Å²) in [5, 5.41) is 11.4. The number of esters is 3. The molecule has 192 valence electrons. The molecule has 0 heterocycles. The molecule has 0 saturated heterocycles. The second-order valence-corrected chi connectivity index (χ2v) is 8.40. The van der Waals surface area contributed by atoms with Gasteiger partial charge >= 0.3 is 17.9 Å². The first-order chi connectivity index (χ1) is 15.8. The molecule has 0 radical (unpaired) electrons. The Bertz CT molecular complexity index is 589. The van der Waals surface area contributed by atoms with E-state index in [1.54, 1.807) is 0 Å². The van der Waals surface area contributed by atoms with Crippen molar-refractivity contribution >= 4 is 23.7 Å². The lowest BCUT2D eigenvalue weighted by molar-refractivity contribution is -0.188. The molecule has 8 nitrogen and oxygen atoms in total. The highest BCUT2D eigenvalue weighted by atomic mass is 16.6. The fourth-order valence-corrected chi connectivity index (χ4v) is 3.19. The highest BCUT2D eigenvalue weighted by Crippen LogP contribution is 2.29. The van der Waals surface area contributed by atoms with Crippen molar-refractivity contribution in [3.05, 3.63) is 0 Å². The van der Waals surface area contributed by atoms with Crippen molar-refractivity contribution in [3.63, 3.8) is 0 Å². The van der Waals surface area contributed by atoms with Gasteiger partial charge in [-0.15, -0.1) is 0 Å². The van der Waals surface area contributed by atoms with E-state index < -0.39 is 41.6 Å². The average Bonchev–Trinajstić information content (AvgIpc) is 2.77. The first kappa shape index (κ1) is 31.0. The summed E-state index contributed by atoms with van der Waals surface area (Å²) in [5.41, 5.74) is -2.68. The Kier molecular flexibility index (Phi) is 17.4. The van der Waals surface area contributed by atoms with Gasteiger partial charge in [-0.25, -0.2) is 4.79 Å². The van der Waals surface area contributed by atoms with E-state index in [1.807, 2.05) is 27.7 Å². The van der Waals surface area contributed by atoms with Crippen LogP contribution in [0.5, 0.6) is 0 Å². The summed E-state index contributed by atoms with van der Waals surface area (Å²) < 4.78 is 15.5. The van der Waals surface area contributed by atoms with Crippen molar-refractivity contribution in [2.24, 2.45) is 5.92 Å². The van der Waals surface area contributed by atoms with Crippen LogP contribution < -0.4 is 0 Å². The van der Waals surface area contributed by atoms with Gasteiger partial charge < -0.3 is 19.3 Å². The van der Waals surface area contributed by atoms with Gasteiger partial charge in [0.05, 0.1) is 26.2 Å². The summed E-state index contributed by atoms with van der Waals surface area (Å²) in [6.07, 6.45) is 6.33. The minimum atomic E-state index is -2.68. The number of hydrogen-bond donors (Lipinski definition) is 1. The number of Topliss-reactive ketones (excluding diaryl/α,β-unsaturated/α-hetero) is 1. The van der Waals surface area contributed by atoms with Crippen LogP contribution in [0.25, 0.3) is 0 Å². The van der Waals surface area contributed by atoms with Crippen molar-refractivity contribution in [1.29, 1.82) is 0 Å². The van der Waals surface area contributed by atoms with Crippen LogP contribution in [-0.4, -0.2) is 54.2 Å². The molecule has 0 aromatic heterocycles. The second kappa shape index (κ2) is 18.5. The molecule has 0 spiro atoms. The predicted molar refractivity (Wildman–Crippen MR) is 124 cm³/mol. The largest absolute Gasteiger partial charge is 0.466 e. The first-order valence-corrected chi connectivity index (χ1v) is 12.5. The molecule has 0 aromatic rings. The number of carbonyl (C=O) groups excluding carboxylic acids is 4. The van der Waals surface area contributed by atoms with Crippen molar-refractivity contribution in [1.82, 2.24) is 0 Å². The number of ether oxygens (including phenoxy) is 3. The van der Waals surface area contributed by atoms with Crippen molar-refractivity contribution < 1.29 is 38.5 Å². The maximum atomic E-state index is 13.1. The van der Waals surface area contributed by atoms with Gasteiger partial charge in [0.2, 0.25) is 0 Å². The zero-order valence-corrected chi connectivity index (χ0v) is 21.0. The Balaban J connectivity index is 5.84. The highest BCUT2D eigenvalue weighted by Gasteiger charge is 2.55. The number of carbonyl (C=O) groups is 4. The summed E-state index contributed by atoms with van der Waals surface area (Å²) >= 11 is 0. The van der Waals surface area contributed by atoms with Gasteiger partial charge in [0.25, 0.3) is 0 Å². The molecule has 0 rings (SSSR count). The number of hydrogen-bond acceptors (Lipinski definition) is 8. The lowest BCUT2D eigenvalue weighted by atomic mass is 9.80.